The summed E-state index contributed by atoms with van der Waals surface area (Å²) >= 11 is 1.50. The van der Waals surface area contributed by atoms with E-state index >= 15 is 0 Å². The molecule has 0 aliphatic carbocycles. The highest BCUT2D eigenvalue weighted by molar-refractivity contribution is 7.13. The fourth-order valence-corrected chi connectivity index (χ4v) is 3.82. The van der Waals surface area contributed by atoms with E-state index in [4.69, 9.17) is 4.42 Å². The van der Waals surface area contributed by atoms with Crippen molar-refractivity contribution in [2.24, 2.45) is 0 Å². The first-order valence-corrected chi connectivity index (χ1v) is 9.07. The van der Waals surface area contributed by atoms with E-state index in [1.165, 1.54) is 22.5 Å². The number of oxazole rings is 1. The number of rotatable bonds is 4. The summed E-state index contributed by atoms with van der Waals surface area (Å²) in [6, 6.07) is 10.6. The van der Waals surface area contributed by atoms with Crippen molar-refractivity contribution in [3.8, 4) is 10.8 Å². The Bertz CT molecular complexity index is 948. The van der Waals surface area contributed by atoms with Crippen molar-refractivity contribution in [1.82, 2.24) is 9.88 Å². The molecule has 4 rings (SSSR count). The molecule has 3 heterocycles. The van der Waals surface area contributed by atoms with E-state index in [1.54, 1.807) is 0 Å². The molecule has 2 aromatic heterocycles. The number of amides is 1. The van der Waals surface area contributed by atoms with Gasteiger partial charge in [0.1, 0.15) is 12.3 Å². The van der Waals surface area contributed by atoms with Gasteiger partial charge in [0.05, 0.1) is 17.0 Å². The van der Waals surface area contributed by atoms with Crippen LogP contribution in [0.5, 0.6) is 0 Å². The van der Waals surface area contributed by atoms with Gasteiger partial charge in [-0.1, -0.05) is 30.3 Å². The van der Waals surface area contributed by atoms with Crippen molar-refractivity contribution in [1.29, 1.82) is 0 Å². The molecule has 0 spiro atoms. The Morgan fingerprint density at radius 1 is 1.23 bits per heavy atom. The number of thiophene rings is 1. The smallest absolute Gasteiger partial charge is 0.326 e. The van der Waals surface area contributed by atoms with Gasteiger partial charge in [-0.3, -0.25) is 4.79 Å². The lowest BCUT2D eigenvalue weighted by Crippen LogP contribution is -2.49. The zero-order valence-corrected chi connectivity index (χ0v) is 14.6. The van der Waals surface area contributed by atoms with E-state index in [2.05, 4.69) is 4.98 Å². The Labute approximate surface area is 153 Å². The number of carboxylic acid groups (broad SMARTS) is 1. The zero-order valence-electron chi connectivity index (χ0n) is 13.8. The van der Waals surface area contributed by atoms with E-state index in [-0.39, 0.29) is 12.3 Å². The molecule has 1 N–H and O–H groups in total. The number of aliphatic carboxylic acids is 1. The molecule has 0 saturated carbocycles. The number of hydrogen-bond acceptors (Lipinski definition) is 5. The summed E-state index contributed by atoms with van der Waals surface area (Å²) in [7, 11) is 0. The summed E-state index contributed by atoms with van der Waals surface area (Å²) in [5.41, 5.74) is 2.46. The van der Waals surface area contributed by atoms with Crippen molar-refractivity contribution in [3.05, 3.63) is 64.9 Å². The van der Waals surface area contributed by atoms with E-state index in [0.29, 0.717) is 24.6 Å². The fourth-order valence-electron chi connectivity index (χ4n) is 3.16. The van der Waals surface area contributed by atoms with Crippen LogP contribution in [0.2, 0.25) is 0 Å². The van der Waals surface area contributed by atoms with Crippen LogP contribution in [-0.4, -0.2) is 32.9 Å². The third-order valence-corrected chi connectivity index (χ3v) is 5.33. The molecule has 26 heavy (non-hydrogen) atoms. The molecule has 1 amide bonds. The molecule has 7 heteroatoms. The number of nitrogens with zero attached hydrogens (tertiary/aromatic N) is 2. The SMILES string of the molecule is O=C(O)[C@H]1Cc2ccccc2CN1C(=O)Cc1coc(-c2cccs2)n1. The second kappa shape index (κ2) is 6.76. The second-order valence-corrected chi connectivity index (χ2v) is 7.09. The first-order valence-electron chi connectivity index (χ1n) is 8.19. The molecular weight excluding hydrogens is 352 g/mol. The predicted octanol–water partition coefficient (Wildman–Crippen LogP) is 2.98. The van der Waals surface area contributed by atoms with Crippen molar-refractivity contribution in [2.45, 2.75) is 25.4 Å². The van der Waals surface area contributed by atoms with Crippen LogP contribution in [0.25, 0.3) is 10.8 Å². The molecule has 132 valence electrons. The molecule has 0 unspecified atom stereocenters. The van der Waals surface area contributed by atoms with Crippen molar-refractivity contribution in [2.75, 3.05) is 0 Å². The van der Waals surface area contributed by atoms with Crippen molar-refractivity contribution < 1.29 is 19.1 Å². The molecule has 0 bridgehead atoms. The second-order valence-electron chi connectivity index (χ2n) is 6.15. The Hall–Kier alpha value is -2.93. The highest BCUT2D eigenvalue weighted by Crippen LogP contribution is 2.26. The van der Waals surface area contributed by atoms with Crippen molar-refractivity contribution in [3.63, 3.8) is 0 Å². The van der Waals surface area contributed by atoms with Crippen LogP contribution < -0.4 is 0 Å². The van der Waals surface area contributed by atoms with Gasteiger partial charge < -0.3 is 14.4 Å². The monoisotopic (exact) mass is 368 g/mol. The summed E-state index contributed by atoms with van der Waals surface area (Å²) in [5, 5.41) is 11.5. The van der Waals surface area contributed by atoms with Crippen molar-refractivity contribution >= 4 is 23.2 Å². The molecule has 1 aromatic carbocycles. The lowest BCUT2D eigenvalue weighted by atomic mass is 9.93. The molecule has 0 fully saturated rings. The number of fused-ring (bicyclic) bond motifs is 1. The molecule has 1 atom stereocenters. The summed E-state index contributed by atoms with van der Waals surface area (Å²) in [4.78, 5) is 31.1. The van der Waals surface area contributed by atoms with Crippen LogP contribution >= 0.6 is 11.3 Å². The van der Waals surface area contributed by atoms with Gasteiger partial charge in [0.25, 0.3) is 0 Å². The molecule has 1 aliphatic rings. The van der Waals surface area contributed by atoms with Crippen LogP contribution in [0, 0.1) is 0 Å². The van der Waals surface area contributed by atoms with E-state index in [9.17, 15) is 14.7 Å². The van der Waals surface area contributed by atoms with Crippen LogP contribution in [0.1, 0.15) is 16.8 Å². The minimum Gasteiger partial charge on any atom is -0.480 e. The normalized spacial score (nSPS) is 16.3. The number of carbonyl (C=O) groups is 2. The van der Waals surface area contributed by atoms with Crippen LogP contribution in [0.3, 0.4) is 0 Å². The summed E-state index contributed by atoms with van der Waals surface area (Å²) in [6.07, 6.45) is 1.79. The molecular formula is C19H16N2O4S. The first-order chi connectivity index (χ1) is 12.6. The lowest BCUT2D eigenvalue weighted by molar-refractivity contribution is -0.151. The Kier molecular flexibility index (Phi) is 4.30. The van der Waals surface area contributed by atoms with Gasteiger partial charge in [-0.25, -0.2) is 9.78 Å². The molecule has 0 radical (unpaired) electrons. The first kappa shape index (κ1) is 16.5. The van der Waals surface area contributed by atoms with Crippen LogP contribution in [-0.2, 0) is 29.0 Å². The van der Waals surface area contributed by atoms with Gasteiger partial charge in [0, 0.05) is 13.0 Å². The van der Waals surface area contributed by atoms with E-state index < -0.39 is 12.0 Å². The quantitative estimate of drug-likeness (QED) is 0.765. The van der Waals surface area contributed by atoms with Gasteiger partial charge in [-0.2, -0.15) is 0 Å². The lowest BCUT2D eigenvalue weighted by Gasteiger charge is -2.34. The molecule has 1 aliphatic heterocycles. The maximum Gasteiger partial charge on any atom is 0.326 e. The molecule has 6 nitrogen and oxygen atoms in total. The van der Waals surface area contributed by atoms with E-state index in [1.807, 2.05) is 41.8 Å². The molecule has 0 saturated heterocycles. The number of carboxylic acids is 1. The number of carbonyl (C=O) groups excluding carboxylic acids is 1. The topological polar surface area (TPSA) is 83.6 Å². The highest BCUT2D eigenvalue weighted by atomic mass is 32.1. The van der Waals surface area contributed by atoms with Crippen LogP contribution in [0.4, 0.5) is 0 Å². The number of hydrogen-bond donors (Lipinski definition) is 1. The minimum absolute atomic E-state index is 0.0147. The molecule has 3 aromatic rings. The highest BCUT2D eigenvalue weighted by Gasteiger charge is 2.34. The van der Waals surface area contributed by atoms with Gasteiger partial charge in [-0.15, -0.1) is 11.3 Å². The fraction of sp³-hybridized carbons (Fsp3) is 0.211. The Morgan fingerprint density at radius 3 is 2.77 bits per heavy atom. The average Bonchev–Trinajstić information content (AvgIpc) is 3.32. The van der Waals surface area contributed by atoms with E-state index in [0.717, 1.165) is 16.0 Å². The van der Waals surface area contributed by atoms with Gasteiger partial charge >= 0.3 is 5.97 Å². The summed E-state index contributed by atoms with van der Waals surface area (Å²) in [6.45, 7) is 0.293. The summed E-state index contributed by atoms with van der Waals surface area (Å²) in [5.74, 6) is -0.785. The van der Waals surface area contributed by atoms with Gasteiger partial charge in [0.2, 0.25) is 11.8 Å². The number of benzene rings is 1. The largest absolute Gasteiger partial charge is 0.480 e. The third-order valence-electron chi connectivity index (χ3n) is 4.47. The van der Waals surface area contributed by atoms with Crippen LogP contribution in [0.15, 0.2) is 52.5 Å². The van der Waals surface area contributed by atoms with Gasteiger partial charge in [0.15, 0.2) is 0 Å². The maximum absolute atomic E-state index is 12.8. The standard InChI is InChI=1S/C19H16N2O4S/c22-17(9-14-11-25-18(20-14)16-6-3-7-26-16)21-10-13-5-2-1-4-12(13)8-15(21)19(23)24/h1-7,11,15H,8-10H2,(H,23,24)/t15-/m1/s1. The Morgan fingerprint density at radius 2 is 2.04 bits per heavy atom. The minimum atomic E-state index is -0.993. The van der Waals surface area contributed by atoms with Gasteiger partial charge in [-0.05, 0) is 22.6 Å². The predicted molar refractivity (Wildman–Crippen MR) is 95.6 cm³/mol. The Balaban J connectivity index is 1.54. The summed E-state index contributed by atoms with van der Waals surface area (Å²) < 4.78 is 5.44. The average molecular weight is 368 g/mol. The zero-order chi connectivity index (χ0) is 18.1. The number of aromatic nitrogens is 1. The maximum atomic E-state index is 12.8. The third kappa shape index (κ3) is 3.13.